The molecule has 1 aromatic heterocycles. The lowest BCUT2D eigenvalue weighted by Gasteiger charge is -2.35. The average Bonchev–Trinajstić information content (AvgIpc) is 3.24. The molecule has 0 radical (unpaired) electrons. The normalized spacial score (nSPS) is 18.4. The molecule has 2 heterocycles. The number of hydrogen-bond acceptors (Lipinski definition) is 3. The van der Waals surface area contributed by atoms with Crippen LogP contribution in [-0.4, -0.2) is 33.4 Å². The molecule has 0 atom stereocenters. The third-order valence-corrected chi connectivity index (χ3v) is 7.36. The van der Waals surface area contributed by atoms with E-state index in [0.29, 0.717) is 6.54 Å². The molecule has 6 rings (SSSR count). The van der Waals surface area contributed by atoms with E-state index < -0.39 is 17.8 Å². The van der Waals surface area contributed by atoms with E-state index >= 15 is 0 Å². The maximum Gasteiger partial charge on any atom is 0.331 e. The fourth-order valence-electron chi connectivity index (χ4n) is 5.55. The standard InChI is InChI=1S/C30H27N3O3/c34-28-26(29(35)33(30(36)31-28)24-10-2-1-3-11-24)17-23-19-32(27-13-7-6-12-25(23)27)18-20-14-15-21-8-4-5-9-22(21)16-20/h4-9,12-17,19,24H,1-3,10-11,18H2,(H,31,34,36). The van der Waals surface area contributed by atoms with Crippen LogP contribution in [0.25, 0.3) is 27.8 Å². The minimum Gasteiger partial charge on any atom is -0.342 e. The Balaban J connectivity index is 1.37. The van der Waals surface area contributed by atoms with Gasteiger partial charge in [-0.2, -0.15) is 0 Å². The molecule has 3 aromatic carbocycles. The minimum absolute atomic E-state index is 0.00813. The molecule has 6 nitrogen and oxygen atoms in total. The molecule has 1 N–H and O–H groups in total. The van der Waals surface area contributed by atoms with Crippen LogP contribution in [0.1, 0.15) is 43.2 Å². The highest BCUT2D eigenvalue weighted by Gasteiger charge is 2.40. The molecular weight excluding hydrogens is 450 g/mol. The highest BCUT2D eigenvalue weighted by molar-refractivity contribution is 6.31. The number of hydrogen-bond donors (Lipinski definition) is 1. The van der Waals surface area contributed by atoms with Gasteiger partial charge in [-0.1, -0.05) is 73.9 Å². The lowest BCUT2D eigenvalue weighted by Crippen LogP contribution is -2.58. The first-order chi connectivity index (χ1) is 17.6. The van der Waals surface area contributed by atoms with E-state index in [1.807, 2.05) is 42.6 Å². The van der Waals surface area contributed by atoms with E-state index in [4.69, 9.17) is 0 Å². The van der Waals surface area contributed by atoms with Crippen LogP contribution in [0.15, 0.2) is 78.5 Å². The second-order valence-electron chi connectivity index (χ2n) is 9.70. The number of fused-ring (bicyclic) bond motifs is 2. The first-order valence-corrected chi connectivity index (χ1v) is 12.5. The van der Waals surface area contributed by atoms with E-state index in [9.17, 15) is 14.4 Å². The first kappa shape index (κ1) is 22.3. The van der Waals surface area contributed by atoms with Crippen LogP contribution in [0.2, 0.25) is 0 Å². The topological polar surface area (TPSA) is 71.4 Å². The SMILES string of the molecule is O=C1NC(=O)N(C2CCCCC2)C(=O)C1=Cc1cn(Cc2ccc3ccccc3c2)c2ccccc12. The number of amides is 4. The highest BCUT2D eigenvalue weighted by Crippen LogP contribution is 2.29. The van der Waals surface area contributed by atoms with Crippen molar-refractivity contribution in [3.8, 4) is 0 Å². The summed E-state index contributed by atoms with van der Waals surface area (Å²) in [5, 5.41) is 5.73. The summed E-state index contributed by atoms with van der Waals surface area (Å²) in [5.41, 5.74) is 2.97. The van der Waals surface area contributed by atoms with Crippen LogP contribution < -0.4 is 5.32 Å². The molecule has 2 fully saturated rings. The molecular formula is C30H27N3O3. The summed E-state index contributed by atoms with van der Waals surface area (Å²) >= 11 is 0. The molecule has 6 heteroatoms. The molecule has 0 unspecified atom stereocenters. The fourth-order valence-corrected chi connectivity index (χ4v) is 5.55. The highest BCUT2D eigenvalue weighted by atomic mass is 16.2. The molecule has 1 aliphatic heterocycles. The Bertz CT molecular complexity index is 1540. The van der Waals surface area contributed by atoms with Crippen LogP contribution >= 0.6 is 0 Å². The third-order valence-electron chi connectivity index (χ3n) is 7.36. The van der Waals surface area contributed by atoms with Gasteiger partial charge in [0.15, 0.2) is 0 Å². The zero-order valence-electron chi connectivity index (χ0n) is 19.9. The second kappa shape index (κ2) is 9.11. The summed E-state index contributed by atoms with van der Waals surface area (Å²) in [5.74, 6) is -1.13. The van der Waals surface area contributed by atoms with Gasteiger partial charge in [-0.15, -0.1) is 0 Å². The van der Waals surface area contributed by atoms with Gasteiger partial charge in [-0.05, 0) is 47.4 Å². The molecule has 2 aliphatic rings. The molecule has 180 valence electrons. The molecule has 4 aromatic rings. The lowest BCUT2D eigenvalue weighted by molar-refractivity contribution is -0.132. The molecule has 1 aliphatic carbocycles. The predicted molar refractivity (Wildman–Crippen MR) is 140 cm³/mol. The molecule has 36 heavy (non-hydrogen) atoms. The lowest BCUT2D eigenvalue weighted by atomic mass is 9.93. The first-order valence-electron chi connectivity index (χ1n) is 12.5. The third kappa shape index (κ3) is 3.98. The molecule has 4 amide bonds. The minimum atomic E-state index is -0.636. The Hall–Kier alpha value is -4.19. The van der Waals surface area contributed by atoms with Crippen molar-refractivity contribution >= 4 is 45.6 Å². The van der Waals surface area contributed by atoms with Crippen molar-refractivity contribution in [2.24, 2.45) is 0 Å². The quantitative estimate of drug-likeness (QED) is 0.306. The average molecular weight is 478 g/mol. The zero-order chi connectivity index (χ0) is 24.6. The van der Waals surface area contributed by atoms with E-state index in [0.717, 1.165) is 54.1 Å². The van der Waals surface area contributed by atoms with Gasteiger partial charge < -0.3 is 4.57 Å². The van der Waals surface area contributed by atoms with Gasteiger partial charge >= 0.3 is 6.03 Å². The van der Waals surface area contributed by atoms with Gasteiger partial charge in [0.05, 0.1) is 0 Å². The Kier molecular flexibility index (Phi) is 5.64. The van der Waals surface area contributed by atoms with E-state index in [1.165, 1.54) is 15.7 Å². The number of aromatic nitrogens is 1. The summed E-state index contributed by atoms with van der Waals surface area (Å²) in [6, 6.07) is 21.9. The van der Waals surface area contributed by atoms with Crippen LogP contribution in [0.5, 0.6) is 0 Å². The second-order valence-corrected chi connectivity index (χ2v) is 9.70. The summed E-state index contributed by atoms with van der Waals surface area (Å²) in [6.07, 6.45) is 8.26. The van der Waals surface area contributed by atoms with Gasteiger partial charge in [0.25, 0.3) is 11.8 Å². The van der Waals surface area contributed by atoms with Crippen LogP contribution in [0.4, 0.5) is 4.79 Å². The van der Waals surface area contributed by atoms with Crippen molar-refractivity contribution in [3.63, 3.8) is 0 Å². The van der Waals surface area contributed by atoms with Crippen molar-refractivity contribution in [3.05, 3.63) is 89.6 Å². The number of nitrogens with one attached hydrogen (secondary N) is 1. The van der Waals surface area contributed by atoms with E-state index in [1.54, 1.807) is 6.08 Å². The van der Waals surface area contributed by atoms with Gasteiger partial charge in [-0.3, -0.25) is 19.8 Å². The van der Waals surface area contributed by atoms with Gasteiger partial charge in [0, 0.05) is 35.2 Å². The maximum absolute atomic E-state index is 13.4. The summed E-state index contributed by atoms with van der Waals surface area (Å²) < 4.78 is 2.14. The largest absolute Gasteiger partial charge is 0.342 e. The van der Waals surface area contributed by atoms with Crippen molar-refractivity contribution in [2.75, 3.05) is 0 Å². The monoisotopic (exact) mass is 477 g/mol. The van der Waals surface area contributed by atoms with Crippen LogP contribution in [0.3, 0.4) is 0 Å². The summed E-state index contributed by atoms with van der Waals surface area (Å²) in [7, 11) is 0. The Morgan fingerprint density at radius 1 is 0.861 bits per heavy atom. The number of nitrogens with zero attached hydrogens (tertiary/aromatic N) is 2. The number of para-hydroxylation sites is 1. The van der Waals surface area contributed by atoms with Gasteiger partial charge in [0.1, 0.15) is 5.57 Å². The smallest absolute Gasteiger partial charge is 0.331 e. The molecule has 0 spiro atoms. The number of benzene rings is 3. The van der Waals surface area contributed by atoms with E-state index in [-0.39, 0.29) is 11.6 Å². The number of carbonyl (C=O) groups excluding carboxylic acids is 3. The maximum atomic E-state index is 13.4. The van der Waals surface area contributed by atoms with Crippen molar-refractivity contribution in [1.82, 2.24) is 14.8 Å². The number of rotatable bonds is 4. The molecule has 0 bridgehead atoms. The fraction of sp³-hybridized carbons (Fsp3) is 0.233. The van der Waals surface area contributed by atoms with Crippen molar-refractivity contribution in [2.45, 2.75) is 44.7 Å². The number of barbiturate groups is 1. The predicted octanol–water partition coefficient (Wildman–Crippen LogP) is 5.64. The van der Waals surface area contributed by atoms with Crippen LogP contribution in [0, 0.1) is 0 Å². The van der Waals surface area contributed by atoms with Gasteiger partial charge in [0.2, 0.25) is 0 Å². The Morgan fingerprint density at radius 3 is 2.44 bits per heavy atom. The zero-order valence-corrected chi connectivity index (χ0v) is 19.9. The Labute approximate surface area is 209 Å². The van der Waals surface area contributed by atoms with Crippen molar-refractivity contribution in [1.29, 1.82) is 0 Å². The van der Waals surface area contributed by atoms with Gasteiger partial charge in [-0.25, -0.2) is 4.79 Å². The number of carbonyl (C=O) groups is 3. The molecule has 1 saturated carbocycles. The van der Waals surface area contributed by atoms with Crippen molar-refractivity contribution < 1.29 is 14.4 Å². The Morgan fingerprint density at radius 2 is 1.61 bits per heavy atom. The summed E-state index contributed by atoms with van der Waals surface area (Å²) in [4.78, 5) is 40.0. The van der Waals surface area contributed by atoms with E-state index in [2.05, 4.69) is 40.2 Å². The molecule has 1 saturated heterocycles. The summed E-state index contributed by atoms with van der Waals surface area (Å²) in [6.45, 7) is 0.654. The number of imide groups is 2. The van der Waals surface area contributed by atoms with Crippen LogP contribution in [-0.2, 0) is 16.1 Å². The number of urea groups is 1.